The summed E-state index contributed by atoms with van der Waals surface area (Å²) in [5, 5.41) is 1.24. The number of amides is 1. The van der Waals surface area contributed by atoms with E-state index in [1.807, 2.05) is 6.20 Å². The van der Waals surface area contributed by atoms with Crippen LogP contribution in [0.25, 0.3) is 10.4 Å². The number of hydrogen-bond acceptors (Lipinski definition) is 6. The van der Waals surface area contributed by atoms with E-state index in [0.29, 0.717) is 17.8 Å². The molecule has 0 saturated heterocycles. The normalized spacial score (nSPS) is 23.1. The fourth-order valence-corrected chi connectivity index (χ4v) is 8.69. The number of methoxy groups -OCH3 is 2. The summed E-state index contributed by atoms with van der Waals surface area (Å²) in [7, 11) is 3.23. The van der Waals surface area contributed by atoms with Crippen molar-refractivity contribution in [2.24, 2.45) is 17.8 Å². The fraction of sp³-hybridized carbons (Fsp3) is 0.564. The molecule has 0 bridgehead atoms. The Hall–Kier alpha value is -3.19. The predicted octanol–water partition coefficient (Wildman–Crippen LogP) is 9.33. The highest BCUT2D eigenvalue weighted by molar-refractivity contribution is 7.15. The van der Waals surface area contributed by atoms with Crippen LogP contribution in [-0.4, -0.2) is 37.6 Å². The monoisotopic (exact) mass is 642 g/mol. The second kappa shape index (κ2) is 15.1. The number of nitrogens with zero attached hydrogens (tertiary/aromatic N) is 2. The van der Waals surface area contributed by atoms with E-state index < -0.39 is 0 Å². The van der Waals surface area contributed by atoms with Crippen LogP contribution >= 0.6 is 11.3 Å². The Morgan fingerprint density at radius 2 is 1.63 bits per heavy atom. The van der Waals surface area contributed by atoms with Crippen molar-refractivity contribution in [3.05, 3.63) is 64.8 Å². The molecule has 3 aliphatic carbocycles. The van der Waals surface area contributed by atoms with Gasteiger partial charge >= 0.3 is 5.97 Å². The molecule has 3 saturated carbocycles. The predicted molar refractivity (Wildman–Crippen MR) is 186 cm³/mol. The third-order valence-electron chi connectivity index (χ3n) is 10.6. The lowest BCUT2D eigenvalue weighted by molar-refractivity contribution is -0.147. The van der Waals surface area contributed by atoms with Crippen LogP contribution in [0.1, 0.15) is 112 Å². The Balaban J connectivity index is 1.17. The maximum atomic E-state index is 14.3. The summed E-state index contributed by atoms with van der Waals surface area (Å²) in [5.74, 6) is 2.56. The number of benzene rings is 2. The van der Waals surface area contributed by atoms with Gasteiger partial charge in [-0.25, -0.2) is 4.98 Å². The number of hydrogen-bond donors (Lipinski definition) is 0. The van der Waals surface area contributed by atoms with Gasteiger partial charge in [0.25, 0.3) is 0 Å². The number of rotatable bonds is 12. The lowest BCUT2D eigenvalue weighted by atomic mass is 9.77. The van der Waals surface area contributed by atoms with Crippen LogP contribution < -0.4 is 9.64 Å². The number of thiazole rings is 1. The van der Waals surface area contributed by atoms with E-state index >= 15 is 0 Å². The summed E-state index contributed by atoms with van der Waals surface area (Å²) < 4.78 is 10.7. The zero-order valence-electron chi connectivity index (χ0n) is 27.8. The molecule has 246 valence electrons. The molecule has 0 aliphatic heterocycles. The molecule has 6 rings (SSSR count). The second-order valence-corrected chi connectivity index (χ2v) is 14.9. The molecule has 46 heavy (non-hydrogen) atoms. The van der Waals surface area contributed by atoms with Gasteiger partial charge < -0.3 is 14.4 Å². The molecule has 0 atom stereocenters. The number of carbonyl (C=O) groups excluding carboxylic acids is 2. The first-order valence-electron chi connectivity index (χ1n) is 17.6. The topological polar surface area (TPSA) is 68.7 Å². The Labute approximate surface area is 278 Å². The van der Waals surface area contributed by atoms with Crippen LogP contribution in [-0.2, 0) is 20.7 Å². The standard InChI is InChI=1S/C39H50N2O4S/c1-4-5-7-32-22-31(20-21-35(32)44-2)27-12-10-26(11-13-27)25-41(38(42)29-16-18-30(19-17-29)39(43)45-3)34-9-6-8-33(23-34)36-24-40-37(46-36)28-14-15-28/h6,8-9,20-24,26-30H,4-5,7,10-19,25H2,1-3H3. The summed E-state index contributed by atoms with van der Waals surface area (Å²) in [4.78, 5) is 34.5. The van der Waals surface area contributed by atoms with Gasteiger partial charge in [-0.1, -0.05) is 37.6 Å². The Morgan fingerprint density at radius 1 is 0.891 bits per heavy atom. The van der Waals surface area contributed by atoms with Gasteiger partial charge in [0.1, 0.15) is 5.75 Å². The summed E-state index contributed by atoms with van der Waals surface area (Å²) in [6, 6.07) is 15.3. The SMILES string of the molecule is CCCCc1cc(C2CCC(CN(C(=O)C3CCC(C(=O)OC)CC3)c3cccc(-c4cnc(C5CC5)s4)c3)CC2)ccc1OC. The number of aromatic nitrogens is 1. The van der Waals surface area contributed by atoms with E-state index in [-0.39, 0.29) is 23.7 Å². The molecule has 2 aromatic carbocycles. The molecular formula is C39H50N2O4S. The summed E-state index contributed by atoms with van der Waals surface area (Å²) in [6.45, 7) is 2.98. The smallest absolute Gasteiger partial charge is 0.308 e. The summed E-state index contributed by atoms with van der Waals surface area (Å²) >= 11 is 1.79. The van der Waals surface area contributed by atoms with Gasteiger partial charge in [-0.3, -0.25) is 9.59 Å². The van der Waals surface area contributed by atoms with Gasteiger partial charge in [0, 0.05) is 30.3 Å². The highest BCUT2D eigenvalue weighted by atomic mass is 32.1. The van der Waals surface area contributed by atoms with Crippen molar-refractivity contribution in [2.45, 2.75) is 102 Å². The van der Waals surface area contributed by atoms with E-state index in [1.54, 1.807) is 18.4 Å². The van der Waals surface area contributed by atoms with Crippen molar-refractivity contribution in [1.82, 2.24) is 4.98 Å². The first-order chi connectivity index (χ1) is 22.5. The number of esters is 1. The molecule has 0 radical (unpaired) electrons. The zero-order chi connectivity index (χ0) is 32.0. The number of unbranched alkanes of at least 4 members (excludes halogenated alkanes) is 1. The molecule has 3 fully saturated rings. The zero-order valence-corrected chi connectivity index (χ0v) is 28.7. The van der Waals surface area contributed by atoms with Crippen molar-refractivity contribution in [3.63, 3.8) is 0 Å². The van der Waals surface area contributed by atoms with Gasteiger partial charge in [-0.15, -0.1) is 11.3 Å². The summed E-state index contributed by atoms with van der Waals surface area (Å²) in [6.07, 6.45) is 15.3. The Bertz CT molecular complexity index is 1480. The second-order valence-electron chi connectivity index (χ2n) is 13.8. The third-order valence-corrected chi connectivity index (χ3v) is 11.8. The number of ether oxygens (including phenoxy) is 2. The van der Waals surface area contributed by atoms with E-state index in [2.05, 4.69) is 54.3 Å². The first-order valence-corrected chi connectivity index (χ1v) is 18.4. The number of anilines is 1. The van der Waals surface area contributed by atoms with E-state index in [0.717, 1.165) is 81.3 Å². The molecule has 1 aromatic heterocycles. The lowest BCUT2D eigenvalue weighted by Gasteiger charge is -2.36. The van der Waals surface area contributed by atoms with Gasteiger partial charge in [-0.05, 0) is 124 Å². The van der Waals surface area contributed by atoms with Gasteiger partial charge in [0.05, 0.1) is 30.0 Å². The average Bonchev–Trinajstić information content (AvgIpc) is 3.85. The van der Waals surface area contributed by atoms with Crippen molar-refractivity contribution in [3.8, 4) is 16.2 Å². The average molecular weight is 643 g/mol. The minimum atomic E-state index is -0.142. The van der Waals surface area contributed by atoms with Gasteiger partial charge in [-0.2, -0.15) is 0 Å². The highest BCUT2D eigenvalue weighted by Crippen LogP contribution is 2.44. The maximum Gasteiger partial charge on any atom is 0.308 e. The lowest BCUT2D eigenvalue weighted by Crippen LogP contribution is -2.42. The van der Waals surface area contributed by atoms with Crippen molar-refractivity contribution < 1.29 is 19.1 Å². The molecule has 6 nitrogen and oxygen atoms in total. The van der Waals surface area contributed by atoms with Crippen LogP contribution in [0.15, 0.2) is 48.7 Å². The van der Waals surface area contributed by atoms with Crippen molar-refractivity contribution >= 4 is 28.9 Å². The Kier molecular flexibility index (Phi) is 10.8. The van der Waals surface area contributed by atoms with Gasteiger partial charge in [0.2, 0.25) is 5.91 Å². The third kappa shape index (κ3) is 7.67. The van der Waals surface area contributed by atoms with E-state index in [9.17, 15) is 9.59 Å². The van der Waals surface area contributed by atoms with Crippen LogP contribution in [0.2, 0.25) is 0 Å². The Morgan fingerprint density at radius 3 is 2.33 bits per heavy atom. The number of aryl methyl sites for hydroxylation is 1. The molecule has 3 aliphatic rings. The minimum absolute atomic E-state index is 0.0633. The molecule has 0 unspecified atom stereocenters. The molecule has 1 heterocycles. The van der Waals surface area contributed by atoms with Crippen LogP contribution in [0, 0.1) is 17.8 Å². The van der Waals surface area contributed by atoms with E-state index in [1.165, 1.54) is 53.8 Å². The van der Waals surface area contributed by atoms with Crippen LogP contribution in [0.3, 0.4) is 0 Å². The van der Waals surface area contributed by atoms with Crippen molar-refractivity contribution in [2.75, 3.05) is 25.7 Å². The molecule has 0 spiro atoms. The minimum Gasteiger partial charge on any atom is -0.496 e. The van der Waals surface area contributed by atoms with Gasteiger partial charge in [0.15, 0.2) is 0 Å². The molecule has 7 heteroatoms. The van der Waals surface area contributed by atoms with Crippen LogP contribution in [0.4, 0.5) is 5.69 Å². The fourth-order valence-electron chi connectivity index (χ4n) is 7.60. The molecular weight excluding hydrogens is 593 g/mol. The largest absolute Gasteiger partial charge is 0.496 e. The number of carbonyl (C=O) groups is 2. The van der Waals surface area contributed by atoms with Crippen LogP contribution in [0.5, 0.6) is 5.75 Å². The van der Waals surface area contributed by atoms with Crippen molar-refractivity contribution in [1.29, 1.82) is 0 Å². The molecule has 1 amide bonds. The molecule has 3 aromatic rings. The quantitative estimate of drug-likeness (QED) is 0.184. The van der Waals surface area contributed by atoms with E-state index in [4.69, 9.17) is 14.5 Å². The summed E-state index contributed by atoms with van der Waals surface area (Å²) in [5.41, 5.74) is 4.88. The highest BCUT2D eigenvalue weighted by Gasteiger charge is 2.35. The molecule has 0 N–H and O–H groups in total. The first kappa shape index (κ1) is 32.7. The maximum absolute atomic E-state index is 14.3.